The molecule has 0 spiro atoms. The third kappa shape index (κ3) is 2.63. The Morgan fingerprint density at radius 3 is 2.76 bits per heavy atom. The van der Waals surface area contributed by atoms with Gasteiger partial charge in [-0.25, -0.2) is 13.1 Å². The second-order valence-corrected chi connectivity index (χ2v) is 6.58. The Hall–Kier alpha value is -1.94. The topological polar surface area (TPSA) is 126 Å². The Morgan fingerprint density at radius 2 is 2.14 bits per heavy atom. The predicted octanol–water partition coefficient (Wildman–Crippen LogP) is 0.635. The highest BCUT2D eigenvalue weighted by atomic mass is 32.2. The van der Waals surface area contributed by atoms with Gasteiger partial charge in [-0.05, 0) is 33.2 Å². The second kappa shape index (κ2) is 5.11. The zero-order chi connectivity index (χ0) is 15.0. The fourth-order valence-electron chi connectivity index (χ4n) is 2.41. The van der Waals surface area contributed by atoms with Crippen LogP contribution in [0.2, 0.25) is 0 Å². The second-order valence-electron chi connectivity index (χ2n) is 4.96. The first kappa shape index (κ1) is 14.0. The van der Waals surface area contributed by atoms with Crippen LogP contribution >= 0.6 is 0 Å². The molecule has 1 aliphatic heterocycles. The first-order valence-corrected chi connectivity index (χ1v) is 8.07. The Morgan fingerprint density at radius 1 is 1.33 bits per heavy atom. The van der Waals surface area contributed by atoms with Crippen LogP contribution in [0.5, 0.6) is 0 Å². The summed E-state index contributed by atoms with van der Waals surface area (Å²) >= 11 is 0. The van der Waals surface area contributed by atoms with E-state index in [0.29, 0.717) is 17.3 Å². The van der Waals surface area contributed by atoms with Crippen LogP contribution in [-0.4, -0.2) is 35.4 Å². The van der Waals surface area contributed by atoms with Crippen molar-refractivity contribution in [2.24, 2.45) is 0 Å². The number of nitrogens with zero attached hydrogens (tertiary/aromatic N) is 3. The van der Waals surface area contributed by atoms with Crippen molar-refractivity contribution in [3.05, 3.63) is 17.3 Å². The number of aryl methyl sites for hydroxylation is 2. The maximum atomic E-state index is 12.3. The SMILES string of the molecule is Cc1n[nH]c(C)c1S(=O)(=O)Nc1nnc(C2CCCN2)o1. The van der Waals surface area contributed by atoms with Gasteiger partial charge in [0, 0.05) is 0 Å². The van der Waals surface area contributed by atoms with E-state index >= 15 is 0 Å². The van der Waals surface area contributed by atoms with Gasteiger partial charge >= 0.3 is 6.01 Å². The van der Waals surface area contributed by atoms with Crippen LogP contribution in [0, 0.1) is 13.8 Å². The molecule has 9 nitrogen and oxygen atoms in total. The smallest absolute Gasteiger partial charge is 0.329 e. The summed E-state index contributed by atoms with van der Waals surface area (Å²) in [7, 11) is -3.80. The van der Waals surface area contributed by atoms with E-state index < -0.39 is 10.0 Å². The van der Waals surface area contributed by atoms with Crippen molar-refractivity contribution in [3.63, 3.8) is 0 Å². The van der Waals surface area contributed by atoms with Gasteiger partial charge in [0.1, 0.15) is 4.90 Å². The van der Waals surface area contributed by atoms with Crippen LogP contribution in [0.15, 0.2) is 9.31 Å². The summed E-state index contributed by atoms with van der Waals surface area (Å²) in [6, 6.07) is -0.146. The summed E-state index contributed by atoms with van der Waals surface area (Å²) in [5.74, 6) is 0.394. The molecular formula is C11H16N6O3S. The fraction of sp³-hybridized carbons (Fsp3) is 0.545. The van der Waals surface area contributed by atoms with E-state index in [-0.39, 0.29) is 17.0 Å². The first-order valence-electron chi connectivity index (χ1n) is 6.58. The number of anilines is 1. The molecule has 10 heteroatoms. The minimum absolute atomic E-state index is 0.00634. The summed E-state index contributed by atoms with van der Waals surface area (Å²) < 4.78 is 32.3. The first-order chi connectivity index (χ1) is 9.97. The molecule has 1 aliphatic rings. The van der Waals surface area contributed by atoms with Crippen LogP contribution in [0.3, 0.4) is 0 Å². The normalized spacial score (nSPS) is 19.0. The highest BCUT2D eigenvalue weighted by Crippen LogP contribution is 2.25. The van der Waals surface area contributed by atoms with Crippen molar-refractivity contribution >= 4 is 16.0 Å². The van der Waals surface area contributed by atoms with Gasteiger partial charge in [-0.3, -0.25) is 5.10 Å². The van der Waals surface area contributed by atoms with E-state index in [0.717, 1.165) is 19.4 Å². The molecule has 0 amide bonds. The van der Waals surface area contributed by atoms with E-state index in [9.17, 15) is 8.42 Å². The van der Waals surface area contributed by atoms with Gasteiger partial charge in [0.25, 0.3) is 10.0 Å². The molecule has 1 saturated heterocycles. The standard InChI is InChI=1S/C11H16N6O3S/c1-6-9(7(2)14-13-6)21(18,19)17-11-16-15-10(20-11)8-4-3-5-12-8/h8,12H,3-5H2,1-2H3,(H,13,14)(H,16,17). The minimum Gasteiger partial charge on any atom is -0.406 e. The van der Waals surface area contributed by atoms with Gasteiger partial charge in [0.15, 0.2) is 0 Å². The number of rotatable bonds is 4. The van der Waals surface area contributed by atoms with Crippen molar-refractivity contribution in [1.82, 2.24) is 25.7 Å². The van der Waals surface area contributed by atoms with Crippen molar-refractivity contribution in [2.75, 3.05) is 11.3 Å². The van der Waals surface area contributed by atoms with E-state index in [1.165, 1.54) is 0 Å². The summed E-state index contributed by atoms with van der Waals surface area (Å²) in [6.07, 6.45) is 1.93. The van der Waals surface area contributed by atoms with Gasteiger partial charge in [0.05, 0.1) is 17.4 Å². The zero-order valence-corrected chi connectivity index (χ0v) is 12.5. The average Bonchev–Trinajstić information content (AvgIpc) is 3.09. The molecule has 3 heterocycles. The summed E-state index contributed by atoms with van der Waals surface area (Å²) in [5.41, 5.74) is 0.842. The number of aromatic nitrogens is 4. The van der Waals surface area contributed by atoms with Crippen molar-refractivity contribution < 1.29 is 12.8 Å². The summed E-state index contributed by atoms with van der Waals surface area (Å²) in [6.45, 7) is 4.14. The number of hydrogen-bond donors (Lipinski definition) is 3. The zero-order valence-electron chi connectivity index (χ0n) is 11.7. The maximum Gasteiger partial charge on any atom is 0.329 e. The van der Waals surface area contributed by atoms with Crippen LogP contribution in [0.1, 0.15) is 36.2 Å². The number of sulfonamides is 1. The molecule has 0 aromatic carbocycles. The van der Waals surface area contributed by atoms with Crippen LogP contribution < -0.4 is 10.0 Å². The van der Waals surface area contributed by atoms with Gasteiger partial charge in [-0.1, -0.05) is 5.10 Å². The number of hydrogen-bond acceptors (Lipinski definition) is 7. The van der Waals surface area contributed by atoms with E-state index in [1.54, 1.807) is 13.8 Å². The van der Waals surface area contributed by atoms with Crippen LogP contribution in [0.25, 0.3) is 0 Å². The van der Waals surface area contributed by atoms with Crippen molar-refractivity contribution in [3.8, 4) is 0 Å². The lowest BCUT2D eigenvalue weighted by Crippen LogP contribution is -2.15. The van der Waals surface area contributed by atoms with Gasteiger partial charge in [-0.15, -0.1) is 5.10 Å². The minimum atomic E-state index is -3.80. The highest BCUT2D eigenvalue weighted by Gasteiger charge is 2.26. The van der Waals surface area contributed by atoms with E-state index in [1.807, 2.05) is 0 Å². The van der Waals surface area contributed by atoms with Crippen LogP contribution in [-0.2, 0) is 10.0 Å². The third-order valence-electron chi connectivity index (χ3n) is 3.35. The molecule has 2 aromatic rings. The molecule has 114 valence electrons. The molecule has 0 bridgehead atoms. The molecule has 0 saturated carbocycles. The lowest BCUT2D eigenvalue weighted by Gasteiger charge is -2.04. The monoisotopic (exact) mass is 312 g/mol. The van der Waals surface area contributed by atoms with Gasteiger partial charge < -0.3 is 9.73 Å². The lowest BCUT2D eigenvalue weighted by atomic mass is 10.2. The van der Waals surface area contributed by atoms with E-state index in [2.05, 4.69) is 30.4 Å². The van der Waals surface area contributed by atoms with Gasteiger partial charge in [0.2, 0.25) is 5.89 Å². The van der Waals surface area contributed by atoms with Crippen LogP contribution in [0.4, 0.5) is 6.01 Å². The predicted molar refractivity (Wildman–Crippen MR) is 73.1 cm³/mol. The quantitative estimate of drug-likeness (QED) is 0.756. The lowest BCUT2D eigenvalue weighted by molar-refractivity contribution is 0.439. The molecule has 3 N–H and O–H groups in total. The van der Waals surface area contributed by atoms with Crippen molar-refractivity contribution in [1.29, 1.82) is 0 Å². The molecule has 0 radical (unpaired) electrons. The number of aromatic amines is 1. The average molecular weight is 312 g/mol. The number of H-pyrrole nitrogens is 1. The van der Waals surface area contributed by atoms with Crippen molar-refractivity contribution in [2.45, 2.75) is 37.6 Å². The molecule has 1 fully saturated rings. The summed E-state index contributed by atoms with van der Waals surface area (Å²) in [4.78, 5) is 0.0984. The molecule has 1 atom stereocenters. The molecule has 21 heavy (non-hydrogen) atoms. The maximum absolute atomic E-state index is 12.3. The largest absolute Gasteiger partial charge is 0.406 e. The Bertz CT molecular complexity index is 724. The molecular weight excluding hydrogens is 296 g/mol. The molecule has 0 aliphatic carbocycles. The molecule has 3 rings (SSSR count). The summed E-state index contributed by atoms with van der Waals surface area (Å²) in [5, 5.41) is 17.3. The fourth-order valence-corrected chi connectivity index (χ4v) is 3.71. The Kier molecular flexibility index (Phi) is 3.41. The van der Waals surface area contributed by atoms with Gasteiger partial charge in [-0.2, -0.15) is 5.10 Å². The Labute approximate surface area is 121 Å². The highest BCUT2D eigenvalue weighted by molar-refractivity contribution is 7.92. The molecule has 2 aromatic heterocycles. The Balaban J connectivity index is 1.83. The molecule has 1 unspecified atom stereocenters. The number of nitrogens with one attached hydrogen (secondary N) is 3. The third-order valence-corrected chi connectivity index (χ3v) is 4.93. The van der Waals surface area contributed by atoms with E-state index in [4.69, 9.17) is 4.42 Å².